The Morgan fingerprint density at radius 1 is 1.06 bits per heavy atom. The SMILES string of the molecule is NC(=Nc1ccc(N2CCCCC2)cc1)C1CC1. The lowest BCUT2D eigenvalue weighted by Crippen LogP contribution is -2.29. The summed E-state index contributed by atoms with van der Waals surface area (Å²) in [6, 6.07) is 8.51. The number of amidine groups is 1. The van der Waals surface area contributed by atoms with Gasteiger partial charge in [-0.25, -0.2) is 4.99 Å². The van der Waals surface area contributed by atoms with Crippen LogP contribution in [0.5, 0.6) is 0 Å². The molecule has 18 heavy (non-hydrogen) atoms. The second-order valence-electron chi connectivity index (χ2n) is 5.38. The molecule has 1 aromatic carbocycles. The van der Waals surface area contributed by atoms with Gasteiger partial charge in [0, 0.05) is 24.7 Å². The first-order chi connectivity index (χ1) is 8.83. The zero-order valence-corrected chi connectivity index (χ0v) is 10.8. The van der Waals surface area contributed by atoms with E-state index in [0.29, 0.717) is 5.92 Å². The average Bonchev–Trinajstić information content (AvgIpc) is 3.25. The van der Waals surface area contributed by atoms with Crippen LogP contribution in [0.4, 0.5) is 11.4 Å². The van der Waals surface area contributed by atoms with Crippen LogP contribution >= 0.6 is 0 Å². The Morgan fingerprint density at radius 2 is 1.72 bits per heavy atom. The van der Waals surface area contributed by atoms with E-state index in [4.69, 9.17) is 5.73 Å². The predicted molar refractivity (Wildman–Crippen MR) is 76.5 cm³/mol. The molecule has 3 rings (SSSR count). The molecule has 0 aromatic heterocycles. The molecule has 3 nitrogen and oxygen atoms in total. The Labute approximate surface area is 109 Å². The number of nitrogens with two attached hydrogens (primary N) is 1. The van der Waals surface area contributed by atoms with E-state index < -0.39 is 0 Å². The smallest absolute Gasteiger partial charge is 0.103 e. The molecule has 0 atom stereocenters. The number of rotatable bonds is 3. The van der Waals surface area contributed by atoms with Gasteiger partial charge in [0.25, 0.3) is 0 Å². The summed E-state index contributed by atoms with van der Waals surface area (Å²) in [5, 5.41) is 0. The van der Waals surface area contributed by atoms with Crippen LogP contribution in [0.15, 0.2) is 29.3 Å². The topological polar surface area (TPSA) is 41.6 Å². The van der Waals surface area contributed by atoms with Gasteiger partial charge in [0.2, 0.25) is 0 Å². The Bertz CT molecular complexity index is 426. The molecule has 0 spiro atoms. The van der Waals surface area contributed by atoms with Crippen molar-refractivity contribution in [3.63, 3.8) is 0 Å². The molecule has 1 saturated heterocycles. The van der Waals surface area contributed by atoms with Gasteiger partial charge < -0.3 is 10.6 Å². The third-order valence-electron chi connectivity index (χ3n) is 3.82. The zero-order valence-electron chi connectivity index (χ0n) is 10.8. The lowest BCUT2D eigenvalue weighted by Gasteiger charge is -2.28. The second-order valence-corrected chi connectivity index (χ2v) is 5.38. The lowest BCUT2D eigenvalue weighted by molar-refractivity contribution is 0.578. The first-order valence-electron chi connectivity index (χ1n) is 7.02. The Hall–Kier alpha value is -1.51. The van der Waals surface area contributed by atoms with Gasteiger partial charge in [0.15, 0.2) is 0 Å². The molecule has 96 valence electrons. The first kappa shape index (κ1) is 11.6. The van der Waals surface area contributed by atoms with E-state index in [1.807, 2.05) is 0 Å². The highest BCUT2D eigenvalue weighted by atomic mass is 15.1. The van der Waals surface area contributed by atoms with Crippen molar-refractivity contribution in [1.29, 1.82) is 0 Å². The summed E-state index contributed by atoms with van der Waals surface area (Å²) in [5.41, 5.74) is 8.24. The molecular formula is C15H21N3. The van der Waals surface area contributed by atoms with E-state index in [1.165, 1.54) is 50.9 Å². The van der Waals surface area contributed by atoms with E-state index in [-0.39, 0.29) is 0 Å². The number of piperidine rings is 1. The fourth-order valence-corrected chi connectivity index (χ4v) is 2.51. The Morgan fingerprint density at radius 3 is 2.33 bits per heavy atom. The van der Waals surface area contributed by atoms with Crippen molar-refractivity contribution in [2.45, 2.75) is 32.1 Å². The third kappa shape index (κ3) is 2.66. The maximum absolute atomic E-state index is 5.93. The van der Waals surface area contributed by atoms with E-state index in [1.54, 1.807) is 0 Å². The van der Waals surface area contributed by atoms with Gasteiger partial charge in [-0.05, 0) is 56.4 Å². The van der Waals surface area contributed by atoms with Crippen molar-refractivity contribution in [3.8, 4) is 0 Å². The summed E-state index contributed by atoms with van der Waals surface area (Å²) in [6.45, 7) is 2.37. The van der Waals surface area contributed by atoms with Gasteiger partial charge in [-0.2, -0.15) is 0 Å². The molecule has 2 N–H and O–H groups in total. The van der Waals surface area contributed by atoms with Crippen molar-refractivity contribution < 1.29 is 0 Å². The molecule has 0 amide bonds. The van der Waals surface area contributed by atoms with Gasteiger partial charge in [0.1, 0.15) is 5.84 Å². The largest absolute Gasteiger partial charge is 0.387 e. The first-order valence-corrected chi connectivity index (χ1v) is 7.02. The monoisotopic (exact) mass is 243 g/mol. The molecule has 1 aliphatic carbocycles. The minimum atomic E-state index is 0.548. The van der Waals surface area contributed by atoms with E-state index >= 15 is 0 Å². The molecule has 2 aliphatic rings. The molecule has 3 heteroatoms. The summed E-state index contributed by atoms with van der Waals surface area (Å²) in [6.07, 6.45) is 6.42. The van der Waals surface area contributed by atoms with Crippen molar-refractivity contribution in [1.82, 2.24) is 0 Å². The molecule has 0 radical (unpaired) electrons. The van der Waals surface area contributed by atoms with Crippen LogP contribution < -0.4 is 10.6 Å². The highest BCUT2D eigenvalue weighted by molar-refractivity contribution is 5.87. The fourth-order valence-electron chi connectivity index (χ4n) is 2.51. The fraction of sp³-hybridized carbons (Fsp3) is 0.533. The number of hydrogen-bond acceptors (Lipinski definition) is 2. The van der Waals surface area contributed by atoms with Gasteiger partial charge in [-0.15, -0.1) is 0 Å². The maximum atomic E-state index is 5.93. The summed E-state index contributed by atoms with van der Waals surface area (Å²) < 4.78 is 0. The molecule has 2 fully saturated rings. The van der Waals surface area contributed by atoms with Crippen molar-refractivity contribution >= 4 is 17.2 Å². The van der Waals surface area contributed by atoms with Crippen molar-refractivity contribution in [2.24, 2.45) is 16.6 Å². The number of hydrogen-bond donors (Lipinski definition) is 1. The summed E-state index contributed by atoms with van der Waals surface area (Å²) in [5.74, 6) is 1.35. The molecule has 0 bridgehead atoms. The van der Waals surface area contributed by atoms with E-state index in [2.05, 4.69) is 34.2 Å². The maximum Gasteiger partial charge on any atom is 0.103 e. The van der Waals surface area contributed by atoms with Crippen LogP contribution in [0.2, 0.25) is 0 Å². The highest BCUT2D eigenvalue weighted by Gasteiger charge is 2.25. The van der Waals surface area contributed by atoms with Gasteiger partial charge >= 0.3 is 0 Å². The quantitative estimate of drug-likeness (QED) is 0.655. The van der Waals surface area contributed by atoms with Crippen LogP contribution in [-0.4, -0.2) is 18.9 Å². The normalized spacial score (nSPS) is 21.1. The van der Waals surface area contributed by atoms with Crippen LogP contribution in [0.1, 0.15) is 32.1 Å². The van der Waals surface area contributed by atoms with Gasteiger partial charge in [-0.1, -0.05) is 0 Å². The number of nitrogens with zero attached hydrogens (tertiary/aromatic N) is 2. The van der Waals surface area contributed by atoms with Crippen LogP contribution in [-0.2, 0) is 0 Å². The van der Waals surface area contributed by atoms with Crippen LogP contribution in [0.25, 0.3) is 0 Å². The number of aliphatic imine (C=N–C) groups is 1. The summed E-state index contributed by atoms with van der Waals surface area (Å²) in [7, 11) is 0. The molecule has 1 aromatic rings. The Balaban J connectivity index is 1.70. The van der Waals surface area contributed by atoms with Gasteiger partial charge in [-0.3, -0.25) is 0 Å². The minimum absolute atomic E-state index is 0.548. The van der Waals surface area contributed by atoms with Crippen LogP contribution in [0.3, 0.4) is 0 Å². The van der Waals surface area contributed by atoms with E-state index in [9.17, 15) is 0 Å². The number of benzene rings is 1. The minimum Gasteiger partial charge on any atom is -0.387 e. The zero-order chi connectivity index (χ0) is 12.4. The highest BCUT2D eigenvalue weighted by Crippen LogP contribution is 2.30. The average molecular weight is 243 g/mol. The second kappa shape index (κ2) is 5.01. The summed E-state index contributed by atoms with van der Waals surface area (Å²) in [4.78, 5) is 6.94. The molecular weight excluding hydrogens is 222 g/mol. The molecule has 1 heterocycles. The van der Waals surface area contributed by atoms with E-state index in [0.717, 1.165) is 11.5 Å². The van der Waals surface area contributed by atoms with Crippen molar-refractivity contribution in [2.75, 3.05) is 18.0 Å². The third-order valence-corrected chi connectivity index (χ3v) is 3.82. The number of anilines is 1. The molecule has 1 saturated carbocycles. The van der Waals surface area contributed by atoms with Crippen molar-refractivity contribution in [3.05, 3.63) is 24.3 Å². The molecule has 1 aliphatic heterocycles. The van der Waals surface area contributed by atoms with Crippen LogP contribution in [0, 0.1) is 5.92 Å². The predicted octanol–water partition coefficient (Wildman–Crippen LogP) is 3.08. The lowest BCUT2D eigenvalue weighted by atomic mass is 10.1. The Kier molecular flexibility index (Phi) is 3.22. The van der Waals surface area contributed by atoms with Gasteiger partial charge in [0.05, 0.1) is 5.69 Å². The standard InChI is InChI=1S/C15H21N3/c16-15(12-4-5-12)17-13-6-8-14(9-7-13)18-10-2-1-3-11-18/h6-9,12H,1-5,10-11H2,(H2,16,17). The molecule has 0 unspecified atom stereocenters. The summed E-state index contributed by atoms with van der Waals surface area (Å²) >= 11 is 0.